The van der Waals surface area contributed by atoms with Crippen LogP contribution in [-0.2, 0) is 6.54 Å². The van der Waals surface area contributed by atoms with E-state index in [2.05, 4.69) is 10.4 Å². The van der Waals surface area contributed by atoms with Crippen molar-refractivity contribution in [2.24, 2.45) is 5.92 Å². The van der Waals surface area contributed by atoms with E-state index < -0.39 is 0 Å². The third-order valence-electron chi connectivity index (χ3n) is 3.48. The normalized spacial score (nSPS) is 20.4. The molecule has 0 radical (unpaired) electrons. The Kier molecular flexibility index (Phi) is 4.31. The average molecular weight is 235 g/mol. The summed E-state index contributed by atoms with van der Waals surface area (Å²) >= 11 is 0. The second kappa shape index (κ2) is 5.96. The number of hydrogen-bond donors (Lipinski definition) is 1. The number of ketones is 1. The van der Waals surface area contributed by atoms with Gasteiger partial charge in [0.1, 0.15) is 5.69 Å². The number of Topliss-reactive ketones (excluding diaryl/α,β-unsaturated/α-hetero) is 1. The number of carbonyl (C=O) groups excluding carboxylic acids is 1. The highest BCUT2D eigenvalue weighted by molar-refractivity contribution is 5.94. The van der Waals surface area contributed by atoms with E-state index >= 15 is 0 Å². The molecule has 1 aromatic heterocycles. The van der Waals surface area contributed by atoms with Gasteiger partial charge in [-0.1, -0.05) is 0 Å². The molecular weight excluding hydrogens is 214 g/mol. The van der Waals surface area contributed by atoms with Crippen LogP contribution in [0, 0.1) is 5.92 Å². The van der Waals surface area contributed by atoms with Gasteiger partial charge in [-0.2, -0.15) is 5.10 Å². The maximum atomic E-state index is 12.0. The number of piperidine rings is 1. The Balaban J connectivity index is 1.84. The Morgan fingerprint density at radius 2 is 2.53 bits per heavy atom. The van der Waals surface area contributed by atoms with Crippen LogP contribution in [0.1, 0.15) is 43.1 Å². The van der Waals surface area contributed by atoms with Crippen molar-refractivity contribution in [1.82, 2.24) is 15.1 Å². The van der Waals surface area contributed by atoms with E-state index in [1.54, 1.807) is 10.9 Å². The predicted molar refractivity (Wildman–Crippen MR) is 67.1 cm³/mol. The van der Waals surface area contributed by atoms with Crippen LogP contribution in [0.5, 0.6) is 0 Å². The van der Waals surface area contributed by atoms with Crippen LogP contribution < -0.4 is 5.32 Å². The zero-order valence-electron chi connectivity index (χ0n) is 10.5. The highest BCUT2D eigenvalue weighted by atomic mass is 16.1. The minimum Gasteiger partial charge on any atom is -0.316 e. The Hall–Kier alpha value is -1.16. The first kappa shape index (κ1) is 12.3. The number of aryl methyl sites for hydroxylation is 1. The fraction of sp³-hybridized carbons (Fsp3) is 0.692. The van der Waals surface area contributed by atoms with Gasteiger partial charge in [-0.05, 0) is 51.3 Å². The summed E-state index contributed by atoms with van der Waals surface area (Å²) in [6.07, 6.45) is 5.86. The highest BCUT2D eigenvalue weighted by Crippen LogP contribution is 2.17. The molecule has 0 bridgehead atoms. The molecule has 1 aliphatic heterocycles. The molecule has 1 N–H and O–H groups in total. The van der Waals surface area contributed by atoms with Gasteiger partial charge < -0.3 is 5.32 Å². The second-order valence-electron chi connectivity index (χ2n) is 4.71. The van der Waals surface area contributed by atoms with Crippen LogP contribution >= 0.6 is 0 Å². The van der Waals surface area contributed by atoms with Crippen molar-refractivity contribution in [3.05, 3.63) is 18.0 Å². The molecule has 94 valence electrons. The number of rotatable bonds is 5. The van der Waals surface area contributed by atoms with Crippen molar-refractivity contribution >= 4 is 5.78 Å². The topological polar surface area (TPSA) is 46.9 Å². The molecular formula is C13H21N3O. The van der Waals surface area contributed by atoms with Gasteiger partial charge in [0.25, 0.3) is 0 Å². The van der Waals surface area contributed by atoms with E-state index in [1.807, 2.05) is 13.0 Å². The first-order valence-corrected chi connectivity index (χ1v) is 6.57. The van der Waals surface area contributed by atoms with Gasteiger partial charge in [-0.3, -0.25) is 9.48 Å². The third-order valence-corrected chi connectivity index (χ3v) is 3.48. The van der Waals surface area contributed by atoms with Crippen molar-refractivity contribution in [3.63, 3.8) is 0 Å². The minimum absolute atomic E-state index is 0.231. The molecule has 4 heteroatoms. The van der Waals surface area contributed by atoms with Crippen LogP contribution in [0.3, 0.4) is 0 Å². The zero-order valence-corrected chi connectivity index (χ0v) is 10.5. The summed E-state index contributed by atoms with van der Waals surface area (Å²) in [5.74, 6) is 0.903. The number of aromatic nitrogens is 2. The Bertz CT molecular complexity index is 366. The van der Waals surface area contributed by atoms with E-state index in [0.717, 1.165) is 31.7 Å². The van der Waals surface area contributed by atoms with Crippen LogP contribution in [0.25, 0.3) is 0 Å². The fourth-order valence-corrected chi connectivity index (χ4v) is 2.46. The standard InChI is InChI=1S/C13H21N3O/c1-2-16-12(7-9-15-16)13(17)6-5-11-4-3-8-14-10-11/h7,9,11,14H,2-6,8,10H2,1H3. The maximum absolute atomic E-state index is 12.0. The molecule has 1 atom stereocenters. The summed E-state index contributed by atoms with van der Waals surface area (Å²) in [6.45, 7) is 4.97. The van der Waals surface area contributed by atoms with Gasteiger partial charge in [0, 0.05) is 19.2 Å². The molecule has 17 heavy (non-hydrogen) atoms. The van der Waals surface area contributed by atoms with Crippen molar-refractivity contribution in [3.8, 4) is 0 Å². The van der Waals surface area contributed by atoms with E-state index in [0.29, 0.717) is 12.3 Å². The van der Waals surface area contributed by atoms with Gasteiger partial charge in [0.05, 0.1) is 0 Å². The largest absolute Gasteiger partial charge is 0.316 e. The minimum atomic E-state index is 0.231. The molecule has 1 saturated heterocycles. The van der Waals surface area contributed by atoms with Crippen LogP contribution in [0.4, 0.5) is 0 Å². The van der Waals surface area contributed by atoms with E-state index in [-0.39, 0.29) is 5.78 Å². The van der Waals surface area contributed by atoms with Crippen LogP contribution in [-0.4, -0.2) is 28.7 Å². The molecule has 0 amide bonds. The molecule has 1 unspecified atom stereocenters. The Labute approximate surface area is 102 Å². The van der Waals surface area contributed by atoms with E-state index in [4.69, 9.17) is 0 Å². The molecule has 1 aromatic rings. The molecule has 2 heterocycles. The quantitative estimate of drug-likeness (QED) is 0.792. The van der Waals surface area contributed by atoms with Crippen molar-refractivity contribution < 1.29 is 4.79 Å². The summed E-state index contributed by atoms with van der Waals surface area (Å²) in [4.78, 5) is 12.0. The lowest BCUT2D eigenvalue weighted by Crippen LogP contribution is -2.30. The van der Waals surface area contributed by atoms with E-state index in [9.17, 15) is 4.79 Å². The van der Waals surface area contributed by atoms with Gasteiger partial charge in [0.2, 0.25) is 0 Å². The summed E-state index contributed by atoms with van der Waals surface area (Å²) in [5, 5.41) is 7.52. The summed E-state index contributed by atoms with van der Waals surface area (Å²) in [5.41, 5.74) is 0.760. The molecule has 1 fully saturated rings. The first-order chi connectivity index (χ1) is 8.31. The lowest BCUT2D eigenvalue weighted by molar-refractivity contribution is 0.0961. The molecule has 2 rings (SSSR count). The Morgan fingerprint density at radius 1 is 1.65 bits per heavy atom. The second-order valence-corrected chi connectivity index (χ2v) is 4.71. The van der Waals surface area contributed by atoms with Gasteiger partial charge in [-0.15, -0.1) is 0 Å². The average Bonchev–Trinajstić information content (AvgIpc) is 2.85. The first-order valence-electron chi connectivity index (χ1n) is 6.57. The van der Waals surface area contributed by atoms with Gasteiger partial charge in [0.15, 0.2) is 5.78 Å². The lowest BCUT2D eigenvalue weighted by Gasteiger charge is -2.22. The smallest absolute Gasteiger partial charge is 0.180 e. The monoisotopic (exact) mass is 235 g/mol. The molecule has 0 saturated carbocycles. The van der Waals surface area contributed by atoms with Gasteiger partial charge in [-0.25, -0.2) is 0 Å². The lowest BCUT2D eigenvalue weighted by atomic mass is 9.93. The number of carbonyl (C=O) groups is 1. The predicted octanol–water partition coefficient (Wildman–Crippen LogP) is 1.87. The summed E-state index contributed by atoms with van der Waals surface area (Å²) in [6, 6.07) is 1.82. The Morgan fingerprint density at radius 3 is 3.24 bits per heavy atom. The maximum Gasteiger partial charge on any atom is 0.180 e. The van der Waals surface area contributed by atoms with Crippen LogP contribution in [0.2, 0.25) is 0 Å². The molecule has 1 aliphatic rings. The van der Waals surface area contributed by atoms with Crippen LogP contribution in [0.15, 0.2) is 12.3 Å². The molecule has 0 aromatic carbocycles. The van der Waals surface area contributed by atoms with Crippen molar-refractivity contribution in [2.45, 2.75) is 39.2 Å². The molecule has 0 spiro atoms. The third kappa shape index (κ3) is 3.16. The van der Waals surface area contributed by atoms with Gasteiger partial charge >= 0.3 is 0 Å². The summed E-state index contributed by atoms with van der Waals surface area (Å²) in [7, 11) is 0. The highest BCUT2D eigenvalue weighted by Gasteiger charge is 2.16. The number of hydrogen-bond acceptors (Lipinski definition) is 3. The summed E-state index contributed by atoms with van der Waals surface area (Å²) < 4.78 is 1.78. The molecule has 4 nitrogen and oxygen atoms in total. The van der Waals surface area contributed by atoms with Crippen molar-refractivity contribution in [2.75, 3.05) is 13.1 Å². The van der Waals surface area contributed by atoms with E-state index in [1.165, 1.54) is 12.8 Å². The fourth-order valence-electron chi connectivity index (χ4n) is 2.46. The van der Waals surface area contributed by atoms with Crippen molar-refractivity contribution in [1.29, 1.82) is 0 Å². The SMILES string of the molecule is CCn1nccc1C(=O)CCC1CCCNC1. The zero-order chi connectivity index (χ0) is 12.1. The molecule has 0 aliphatic carbocycles. The number of nitrogens with one attached hydrogen (secondary N) is 1. The number of nitrogens with zero attached hydrogens (tertiary/aromatic N) is 2.